The first-order valence-corrected chi connectivity index (χ1v) is 5.23. The summed E-state index contributed by atoms with van der Waals surface area (Å²) >= 11 is 0. The molecule has 0 spiro atoms. The van der Waals surface area contributed by atoms with E-state index in [1.165, 1.54) is 11.8 Å². The molecule has 0 aliphatic rings. The third-order valence-corrected chi connectivity index (χ3v) is 2.52. The van der Waals surface area contributed by atoms with E-state index in [1.54, 1.807) is 6.20 Å². The Bertz CT molecular complexity index is 537. The Morgan fingerprint density at radius 3 is 2.35 bits per heavy atom. The Labute approximate surface area is 100 Å². The zero-order valence-corrected chi connectivity index (χ0v) is 9.75. The minimum atomic E-state index is 0.325. The van der Waals surface area contributed by atoms with E-state index in [0.29, 0.717) is 11.5 Å². The van der Waals surface area contributed by atoms with E-state index in [9.17, 15) is 0 Å². The van der Waals surface area contributed by atoms with E-state index in [4.69, 9.17) is 5.26 Å². The summed E-state index contributed by atoms with van der Waals surface area (Å²) in [5.41, 5.74) is 2.58. The Morgan fingerprint density at radius 2 is 1.82 bits per heavy atom. The lowest BCUT2D eigenvalue weighted by molar-refractivity contribution is 1.07. The van der Waals surface area contributed by atoms with Gasteiger partial charge in [-0.1, -0.05) is 17.7 Å². The Kier molecular flexibility index (Phi) is 3.01. The zero-order valence-electron chi connectivity index (χ0n) is 9.75. The molecule has 0 atom stereocenters. The fraction of sp³-hybridized carbons (Fsp3) is 0.154. The fourth-order valence-electron chi connectivity index (χ4n) is 1.45. The highest BCUT2D eigenvalue weighted by Crippen LogP contribution is 2.20. The van der Waals surface area contributed by atoms with Crippen LogP contribution in [-0.2, 0) is 0 Å². The highest BCUT2D eigenvalue weighted by Gasteiger charge is 2.05. The summed E-state index contributed by atoms with van der Waals surface area (Å²) < 4.78 is 0. The molecule has 0 unspecified atom stereocenters. The smallest absolute Gasteiger partial charge is 0.158 e. The normalized spacial score (nSPS) is 9.71. The number of hydrogen-bond acceptors (Lipinski definition) is 4. The fourth-order valence-corrected chi connectivity index (χ4v) is 1.45. The quantitative estimate of drug-likeness (QED) is 0.786. The van der Waals surface area contributed by atoms with E-state index in [-0.39, 0.29) is 0 Å². The summed E-state index contributed by atoms with van der Waals surface area (Å²) in [5, 5.41) is 8.65. The first-order valence-electron chi connectivity index (χ1n) is 5.23. The maximum absolute atomic E-state index is 8.65. The maximum Gasteiger partial charge on any atom is 0.158 e. The molecule has 0 saturated carbocycles. The van der Waals surface area contributed by atoms with Crippen LogP contribution in [0.2, 0.25) is 0 Å². The molecule has 1 heterocycles. The molecule has 4 heteroatoms. The van der Waals surface area contributed by atoms with Gasteiger partial charge in [0.1, 0.15) is 6.07 Å². The van der Waals surface area contributed by atoms with Crippen LogP contribution >= 0.6 is 0 Å². The summed E-state index contributed by atoms with van der Waals surface area (Å²) in [4.78, 5) is 10.1. The molecule has 17 heavy (non-hydrogen) atoms. The number of aryl methyl sites for hydroxylation is 1. The Morgan fingerprint density at radius 1 is 1.12 bits per heavy atom. The second kappa shape index (κ2) is 4.62. The highest BCUT2D eigenvalue weighted by atomic mass is 15.2. The lowest BCUT2D eigenvalue weighted by atomic mass is 10.2. The van der Waals surface area contributed by atoms with Crippen molar-refractivity contribution in [1.82, 2.24) is 9.97 Å². The van der Waals surface area contributed by atoms with Crippen molar-refractivity contribution in [3.63, 3.8) is 0 Å². The van der Waals surface area contributed by atoms with Crippen molar-refractivity contribution in [2.75, 3.05) is 11.9 Å². The molecule has 0 amide bonds. The van der Waals surface area contributed by atoms with Crippen molar-refractivity contribution < 1.29 is 0 Å². The van der Waals surface area contributed by atoms with Crippen LogP contribution in [0.4, 0.5) is 11.5 Å². The van der Waals surface area contributed by atoms with Gasteiger partial charge in [-0.15, -0.1) is 0 Å². The SMILES string of the molecule is Cc1ccc(N(C)c2cnc(C#N)cn2)cc1. The lowest BCUT2D eigenvalue weighted by Gasteiger charge is -2.17. The molecule has 2 rings (SSSR count). The van der Waals surface area contributed by atoms with Crippen LogP contribution in [0.5, 0.6) is 0 Å². The third-order valence-electron chi connectivity index (χ3n) is 2.52. The van der Waals surface area contributed by atoms with Crippen molar-refractivity contribution in [2.24, 2.45) is 0 Å². The molecular weight excluding hydrogens is 212 g/mol. The van der Waals surface area contributed by atoms with Gasteiger partial charge in [0.2, 0.25) is 0 Å². The molecule has 84 valence electrons. The van der Waals surface area contributed by atoms with E-state index < -0.39 is 0 Å². The van der Waals surface area contributed by atoms with Gasteiger partial charge in [-0.05, 0) is 19.1 Å². The summed E-state index contributed by atoms with van der Waals surface area (Å²) in [6.07, 6.45) is 3.07. The van der Waals surface area contributed by atoms with Gasteiger partial charge in [0, 0.05) is 12.7 Å². The largest absolute Gasteiger partial charge is 0.328 e. The number of rotatable bonds is 2. The zero-order chi connectivity index (χ0) is 12.3. The minimum absolute atomic E-state index is 0.325. The Hall–Kier alpha value is -2.41. The van der Waals surface area contributed by atoms with Crippen LogP contribution < -0.4 is 4.90 Å². The van der Waals surface area contributed by atoms with E-state index >= 15 is 0 Å². The molecule has 0 N–H and O–H groups in total. The van der Waals surface area contributed by atoms with Crippen molar-refractivity contribution in [1.29, 1.82) is 5.26 Å². The molecule has 1 aromatic heterocycles. The number of aromatic nitrogens is 2. The summed E-state index contributed by atoms with van der Waals surface area (Å²) in [6.45, 7) is 2.05. The molecule has 0 aliphatic carbocycles. The van der Waals surface area contributed by atoms with Crippen molar-refractivity contribution >= 4 is 11.5 Å². The van der Waals surface area contributed by atoms with Gasteiger partial charge in [0.25, 0.3) is 0 Å². The maximum atomic E-state index is 8.65. The number of nitrogens with zero attached hydrogens (tertiary/aromatic N) is 4. The van der Waals surface area contributed by atoms with E-state index in [0.717, 1.165) is 5.69 Å². The number of nitriles is 1. The Balaban J connectivity index is 2.27. The van der Waals surface area contributed by atoms with Crippen LogP contribution in [0.1, 0.15) is 11.3 Å². The second-order valence-corrected chi connectivity index (χ2v) is 3.77. The van der Waals surface area contributed by atoms with Gasteiger partial charge in [-0.25, -0.2) is 9.97 Å². The van der Waals surface area contributed by atoms with Crippen LogP contribution in [0.3, 0.4) is 0 Å². The monoisotopic (exact) mass is 224 g/mol. The standard InChI is InChI=1S/C13H12N4/c1-10-3-5-12(6-4-10)17(2)13-9-15-11(7-14)8-16-13/h3-6,8-9H,1-2H3. The van der Waals surface area contributed by atoms with Gasteiger partial charge in [-0.2, -0.15) is 5.26 Å². The van der Waals surface area contributed by atoms with Crippen LogP contribution in [0, 0.1) is 18.3 Å². The second-order valence-electron chi connectivity index (χ2n) is 3.77. The predicted molar refractivity (Wildman–Crippen MR) is 66.0 cm³/mol. The average molecular weight is 224 g/mol. The average Bonchev–Trinajstić information content (AvgIpc) is 2.39. The van der Waals surface area contributed by atoms with Gasteiger partial charge in [-0.3, -0.25) is 0 Å². The summed E-state index contributed by atoms with van der Waals surface area (Å²) in [5.74, 6) is 0.716. The topological polar surface area (TPSA) is 52.8 Å². The molecule has 4 nitrogen and oxygen atoms in total. The predicted octanol–water partition coefficient (Wildman–Crippen LogP) is 2.42. The van der Waals surface area contributed by atoms with Crippen LogP contribution in [-0.4, -0.2) is 17.0 Å². The van der Waals surface area contributed by atoms with Crippen LogP contribution in [0.15, 0.2) is 36.7 Å². The molecule has 1 aromatic carbocycles. The molecule has 0 radical (unpaired) electrons. The lowest BCUT2D eigenvalue weighted by Crippen LogP contribution is -2.11. The number of anilines is 2. The van der Waals surface area contributed by atoms with Gasteiger partial charge < -0.3 is 4.90 Å². The molecule has 0 fully saturated rings. The molecule has 0 bridgehead atoms. The number of benzene rings is 1. The summed E-state index contributed by atoms with van der Waals surface area (Å²) in [6, 6.07) is 10.1. The van der Waals surface area contributed by atoms with Gasteiger partial charge in [0.15, 0.2) is 11.5 Å². The third kappa shape index (κ3) is 2.40. The summed E-state index contributed by atoms with van der Waals surface area (Å²) in [7, 11) is 1.92. The highest BCUT2D eigenvalue weighted by molar-refractivity contribution is 5.58. The van der Waals surface area contributed by atoms with Crippen LogP contribution in [0.25, 0.3) is 0 Å². The number of hydrogen-bond donors (Lipinski definition) is 0. The van der Waals surface area contributed by atoms with E-state index in [1.807, 2.05) is 49.2 Å². The molecular formula is C13H12N4. The van der Waals surface area contributed by atoms with Crippen molar-refractivity contribution in [3.8, 4) is 6.07 Å². The first kappa shape index (κ1) is 11.1. The van der Waals surface area contributed by atoms with Crippen molar-refractivity contribution in [2.45, 2.75) is 6.92 Å². The molecule has 0 saturated heterocycles. The van der Waals surface area contributed by atoms with Crippen molar-refractivity contribution in [3.05, 3.63) is 47.9 Å². The first-order chi connectivity index (χ1) is 8.20. The minimum Gasteiger partial charge on any atom is -0.328 e. The van der Waals surface area contributed by atoms with Gasteiger partial charge in [0.05, 0.1) is 12.4 Å². The molecule has 2 aromatic rings. The molecule has 0 aliphatic heterocycles. The van der Waals surface area contributed by atoms with E-state index in [2.05, 4.69) is 9.97 Å². The van der Waals surface area contributed by atoms with Gasteiger partial charge >= 0.3 is 0 Å².